The SMILES string of the molecule is NCC1(C(=O)c2cc(Cl)ccc2Cl)CCOCC1. The summed E-state index contributed by atoms with van der Waals surface area (Å²) in [5, 5.41) is 0.922. The Bertz CT molecular complexity index is 456. The van der Waals surface area contributed by atoms with Crippen LogP contribution in [0.25, 0.3) is 0 Å². The van der Waals surface area contributed by atoms with Crippen LogP contribution in [0, 0.1) is 5.41 Å². The Morgan fingerprint density at radius 2 is 2.00 bits per heavy atom. The predicted octanol–water partition coefficient (Wildman–Crippen LogP) is 2.93. The molecule has 1 fully saturated rings. The molecule has 1 aromatic carbocycles. The maximum absolute atomic E-state index is 12.6. The first-order valence-electron chi connectivity index (χ1n) is 5.87. The van der Waals surface area contributed by atoms with E-state index in [1.165, 1.54) is 0 Å². The van der Waals surface area contributed by atoms with E-state index in [0.717, 1.165) is 0 Å². The van der Waals surface area contributed by atoms with Gasteiger partial charge in [0.2, 0.25) is 0 Å². The fourth-order valence-corrected chi connectivity index (χ4v) is 2.62. The van der Waals surface area contributed by atoms with Gasteiger partial charge in [-0.3, -0.25) is 4.79 Å². The van der Waals surface area contributed by atoms with Gasteiger partial charge >= 0.3 is 0 Å². The summed E-state index contributed by atoms with van der Waals surface area (Å²) < 4.78 is 5.30. The lowest BCUT2D eigenvalue weighted by atomic mass is 9.74. The van der Waals surface area contributed by atoms with Crippen molar-refractivity contribution in [1.29, 1.82) is 0 Å². The van der Waals surface area contributed by atoms with Crippen molar-refractivity contribution >= 4 is 29.0 Å². The third-order valence-electron chi connectivity index (χ3n) is 3.50. The number of Topliss-reactive ketones (excluding diaryl/α,β-unsaturated/α-hetero) is 1. The molecule has 0 aromatic heterocycles. The number of rotatable bonds is 3. The van der Waals surface area contributed by atoms with E-state index in [1.807, 2.05) is 0 Å². The number of carbonyl (C=O) groups is 1. The first kappa shape index (κ1) is 13.8. The molecule has 18 heavy (non-hydrogen) atoms. The lowest BCUT2D eigenvalue weighted by Crippen LogP contribution is -2.43. The van der Waals surface area contributed by atoms with Crippen LogP contribution in [0.4, 0.5) is 0 Å². The van der Waals surface area contributed by atoms with E-state index >= 15 is 0 Å². The lowest BCUT2D eigenvalue weighted by molar-refractivity contribution is 0.0200. The van der Waals surface area contributed by atoms with Gasteiger partial charge in [0.25, 0.3) is 0 Å². The molecule has 0 radical (unpaired) electrons. The molecular formula is C13H15Cl2NO2. The summed E-state index contributed by atoms with van der Waals surface area (Å²) in [5.41, 5.74) is 5.70. The minimum absolute atomic E-state index is 0.0270. The van der Waals surface area contributed by atoms with Crippen molar-refractivity contribution in [2.45, 2.75) is 12.8 Å². The number of hydrogen-bond acceptors (Lipinski definition) is 3. The van der Waals surface area contributed by atoms with Gasteiger partial charge in [-0.25, -0.2) is 0 Å². The van der Waals surface area contributed by atoms with Gasteiger partial charge in [-0.2, -0.15) is 0 Å². The Kier molecular flexibility index (Phi) is 4.28. The molecule has 1 heterocycles. The highest BCUT2D eigenvalue weighted by molar-refractivity contribution is 6.36. The molecule has 5 heteroatoms. The molecular weight excluding hydrogens is 273 g/mol. The maximum atomic E-state index is 12.6. The molecule has 3 nitrogen and oxygen atoms in total. The second-order valence-corrected chi connectivity index (χ2v) is 5.39. The number of benzene rings is 1. The third kappa shape index (κ3) is 2.54. The summed E-state index contributed by atoms with van der Waals surface area (Å²) in [6.45, 7) is 1.42. The normalized spacial score (nSPS) is 18.6. The topological polar surface area (TPSA) is 52.3 Å². The molecule has 0 aliphatic carbocycles. The smallest absolute Gasteiger partial charge is 0.171 e. The minimum Gasteiger partial charge on any atom is -0.381 e. The minimum atomic E-state index is -0.563. The summed E-state index contributed by atoms with van der Waals surface area (Å²) >= 11 is 12.0. The summed E-state index contributed by atoms with van der Waals surface area (Å²) in [7, 11) is 0. The second kappa shape index (κ2) is 5.57. The van der Waals surface area contributed by atoms with E-state index in [2.05, 4.69) is 0 Å². The van der Waals surface area contributed by atoms with Crippen LogP contribution in [0.15, 0.2) is 18.2 Å². The zero-order valence-corrected chi connectivity index (χ0v) is 11.4. The molecule has 0 atom stereocenters. The molecule has 0 spiro atoms. The standard InChI is InChI=1S/C13H15Cl2NO2/c14-9-1-2-11(15)10(7-9)12(17)13(8-16)3-5-18-6-4-13/h1-2,7H,3-6,8,16H2. The highest BCUT2D eigenvalue weighted by Gasteiger charge is 2.39. The second-order valence-electron chi connectivity index (χ2n) is 4.55. The van der Waals surface area contributed by atoms with Crippen LogP contribution in [0.2, 0.25) is 10.0 Å². The zero-order valence-electron chi connectivity index (χ0n) is 9.92. The van der Waals surface area contributed by atoms with Crippen LogP contribution in [0.1, 0.15) is 23.2 Å². The number of halogens is 2. The zero-order chi connectivity index (χ0) is 13.2. The molecule has 0 saturated carbocycles. The highest BCUT2D eigenvalue weighted by atomic mass is 35.5. The summed E-state index contributed by atoms with van der Waals surface area (Å²) in [6.07, 6.45) is 1.26. The van der Waals surface area contributed by atoms with Crippen LogP contribution in [-0.2, 0) is 4.74 Å². The summed E-state index contributed by atoms with van der Waals surface area (Å²) in [5.74, 6) is -0.0270. The maximum Gasteiger partial charge on any atom is 0.171 e. The predicted molar refractivity (Wildman–Crippen MR) is 72.3 cm³/mol. The molecule has 1 aromatic rings. The Morgan fingerprint density at radius 3 is 2.61 bits per heavy atom. The first-order valence-corrected chi connectivity index (χ1v) is 6.62. The van der Waals surface area contributed by atoms with E-state index in [1.54, 1.807) is 18.2 Å². The van der Waals surface area contributed by atoms with E-state index in [-0.39, 0.29) is 5.78 Å². The number of hydrogen-bond donors (Lipinski definition) is 1. The molecule has 1 aliphatic rings. The number of nitrogens with two attached hydrogens (primary N) is 1. The first-order chi connectivity index (χ1) is 8.59. The van der Waals surface area contributed by atoms with Crippen molar-refractivity contribution in [3.63, 3.8) is 0 Å². The van der Waals surface area contributed by atoms with Crippen molar-refractivity contribution in [3.8, 4) is 0 Å². The fraction of sp³-hybridized carbons (Fsp3) is 0.462. The monoisotopic (exact) mass is 287 g/mol. The van der Waals surface area contributed by atoms with E-state index in [0.29, 0.717) is 48.2 Å². The molecule has 2 N–H and O–H groups in total. The molecule has 0 amide bonds. The van der Waals surface area contributed by atoms with E-state index in [4.69, 9.17) is 33.7 Å². The molecule has 1 aliphatic heterocycles. The number of carbonyl (C=O) groups excluding carboxylic acids is 1. The Morgan fingerprint density at radius 1 is 1.33 bits per heavy atom. The van der Waals surface area contributed by atoms with Crippen LogP contribution in [0.3, 0.4) is 0 Å². The van der Waals surface area contributed by atoms with E-state index in [9.17, 15) is 4.79 Å². The Balaban J connectivity index is 2.36. The van der Waals surface area contributed by atoms with Gasteiger partial charge < -0.3 is 10.5 Å². The van der Waals surface area contributed by atoms with Crippen molar-refractivity contribution in [1.82, 2.24) is 0 Å². The van der Waals surface area contributed by atoms with Gasteiger partial charge in [-0.05, 0) is 31.0 Å². The van der Waals surface area contributed by atoms with Crippen LogP contribution >= 0.6 is 23.2 Å². The lowest BCUT2D eigenvalue weighted by Gasteiger charge is -2.34. The molecule has 0 bridgehead atoms. The average Bonchev–Trinajstić information content (AvgIpc) is 2.41. The highest BCUT2D eigenvalue weighted by Crippen LogP contribution is 2.35. The van der Waals surface area contributed by atoms with Crippen molar-refractivity contribution in [2.75, 3.05) is 19.8 Å². The van der Waals surface area contributed by atoms with Crippen LogP contribution in [0.5, 0.6) is 0 Å². The van der Waals surface area contributed by atoms with Gasteiger partial charge in [0.15, 0.2) is 5.78 Å². The fourth-order valence-electron chi connectivity index (χ4n) is 2.24. The summed E-state index contributed by atoms with van der Waals surface area (Å²) in [4.78, 5) is 12.6. The molecule has 98 valence electrons. The van der Waals surface area contributed by atoms with Gasteiger partial charge in [0.1, 0.15) is 0 Å². The van der Waals surface area contributed by atoms with Gasteiger partial charge in [0, 0.05) is 30.3 Å². The van der Waals surface area contributed by atoms with Crippen molar-refractivity contribution in [3.05, 3.63) is 33.8 Å². The Labute approximate surface area is 116 Å². The molecule has 1 saturated heterocycles. The van der Waals surface area contributed by atoms with Crippen LogP contribution < -0.4 is 5.73 Å². The van der Waals surface area contributed by atoms with Gasteiger partial charge in [-0.15, -0.1) is 0 Å². The third-order valence-corrected chi connectivity index (χ3v) is 4.06. The number of ether oxygens (including phenoxy) is 1. The van der Waals surface area contributed by atoms with Crippen molar-refractivity contribution < 1.29 is 9.53 Å². The quantitative estimate of drug-likeness (QED) is 0.870. The van der Waals surface area contributed by atoms with Crippen LogP contribution in [-0.4, -0.2) is 25.5 Å². The molecule has 2 rings (SSSR count). The van der Waals surface area contributed by atoms with E-state index < -0.39 is 5.41 Å². The average molecular weight is 288 g/mol. The number of ketones is 1. The van der Waals surface area contributed by atoms with Gasteiger partial charge in [0.05, 0.1) is 10.4 Å². The summed E-state index contributed by atoms with van der Waals surface area (Å²) in [6, 6.07) is 4.92. The Hall–Kier alpha value is -0.610. The molecule has 0 unspecified atom stereocenters. The van der Waals surface area contributed by atoms with Gasteiger partial charge in [-0.1, -0.05) is 23.2 Å². The van der Waals surface area contributed by atoms with Crippen molar-refractivity contribution in [2.24, 2.45) is 11.1 Å². The largest absolute Gasteiger partial charge is 0.381 e.